The summed E-state index contributed by atoms with van der Waals surface area (Å²) in [6, 6.07) is 6.97. The van der Waals surface area contributed by atoms with Gasteiger partial charge in [-0.2, -0.15) is 15.3 Å². The number of aliphatic hydroxyl groups is 2. The van der Waals surface area contributed by atoms with Gasteiger partial charge >= 0.3 is 0 Å². The van der Waals surface area contributed by atoms with Gasteiger partial charge in [0.2, 0.25) is 5.91 Å². The van der Waals surface area contributed by atoms with Gasteiger partial charge in [-0.1, -0.05) is 18.2 Å². The molecule has 3 heterocycles. The number of hydrogen-bond acceptors (Lipinski definition) is 9. The highest BCUT2D eigenvalue weighted by Gasteiger charge is 2.44. The Balaban J connectivity index is 1.49. The molecule has 0 aromatic heterocycles. The van der Waals surface area contributed by atoms with E-state index in [1.165, 1.54) is 0 Å². The summed E-state index contributed by atoms with van der Waals surface area (Å²) >= 11 is 0. The fourth-order valence-electron chi connectivity index (χ4n) is 4.00. The van der Waals surface area contributed by atoms with Crippen molar-refractivity contribution < 1.29 is 19.7 Å². The van der Waals surface area contributed by atoms with Crippen molar-refractivity contribution >= 4 is 11.6 Å². The van der Waals surface area contributed by atoms with Gasteiger partial charge in [0.05, 0.1) is 18.5 Å². The van der Waals surface area contributed by atoms with E-state index >= 15 is 0 Å². The van der Waals surface area contributed by atoms with Crippen LogP contribution in [-0.4, -0.2) is 70.6 Å². The number of hydrogen-bond donors (Lipinski definition) is 4. The molecule has 0 radical (unpaired) electrons. The van der Waals surface area contributed by atoms with Crippen LogP contribution in [0.2, 0.25) is 0 Å². The lowest BCUT2D eigenvalue weighted by molar-refractivity contribution is -0.127. The molecule has 10 heteroatoms. The largest absolute Gasteiger partial charge is 0.491 e. The molecule has 5 atom stereocenters. The second kappa shape index (κ2) is 9.54. The molecule has 4 unspecified atom stereocenters. The number of hydrazone groups is 1. The Labute approximate surface area is 180 Å². The maximum Gasteiger partial charge on any atom is 0.247 e. The smallest absolute Gasteiger partial charge is 0.247 e. The Bertz CT molecular complexity index is 888. The van der Waals surface area contributed by atoms with Crippen molar-refractivity contribution in [2.45, 2.75) is 56.7 Å². The quantitative estimate of drug-likeness (QED) is 0.506. The third-order valence-corrected chi connectivity index (χ3v) is 5.56. The minimum Gasteiger partial charge on any atom is -0.491 e. The summed E-state index contributed by atoms with van der Waals surface area (Å²) in [5, 5.41) is 39.5. The van der Waals surface area contributed by atoms with E-state index in [0.717, 1.165) is 24.1 Å². The van der Waals surface area contributed by atoms with Crippen molar-refractivity contribution in [2.75, 3.05) is 13.2 Å². The van der Waals surface area contributed by atoms with Crippen LogP contribution in [0.4, 0.5) is 0 Å². The van der Waals surface area contributed by atoms with Crippen LogP contribution < -0.4 is 15.4 Å². The van der Waals surface area contributed by atoms with Crippen molar-refractivity contribution in [1.29, 1.82) is 0 Å². The molecule has 4 N–H and O–H groups in total. The van der Waals surface area contributed by atoms with E-state index in [0.29, 0.717) is 12.2 Å². The van der Waals surface area contributed by atoms with Gasteiger partial charge < -0.3 is 20.3 Å². The second-order valence-corrected chi connectivity index (χ2v) is 7.93. The first kappa shape index (κ1) is 21.4. The van der Waals surface area contributed by atoms with Crippen molar-refractivity contribution in [2.24, 2.45) is 15.3 Å². The normalized spacial score (nSPS) is 28.1. The van der Waals surface area contributed by atoms with E-state index in [9.17, 15) is 9.90 Å². The highest BCUT2D eigenvalue weighted by Crippen LogP contribution is 2.28. The van der Waals surface area contributed by atoms with Gasteiger partial charge in [-0.3, -0.25) is 15.1 Å². The fourth-order valence-corrected chi connectivity index (χ4v) is 4.00. The molecular weight excluding hydrogens is 400 g/mol. The van der Waals surface area contributed by atoms with Crippen LogP contribution in [-0.2, 0) is 4.79 Å². The molecule has 3 aliphatic rings. The topological polar surface area (TPSA) is 131 Å². The highest BCUT2D eigenvalue weighted by atomic mass is 16.5. The number of amides is 1. The molecule has 0 bridgehead atoms. The molecule has 1 amide bonds. The first-order chi connectivity index (χ1) is 15.0. The standard InChI is InChI=1S/C21H28N6O4/c1-13-20(21(30)24-18-6-3-9-22-25-18)27-19(23-13)8-7-17(26-27)14-4-2-5-16(10-14)31-12-15(29)11-28/h2-5,9-10,13,15,18-20,23,28-29H,6-8,11-12H2,1H3,(H,24,30)/t13?,15-,18?,19?,20?/m1/s1. The van der Waals surface area contributed by atoms with Crippen molar-refractivity contribution in [3.63, 3.8) is 0 Å². The van der Waals surface area contributed by atoms with Crippen LogP contribution in [0.1, 0.15) is 31.7 Å². The molecule has 0 saturated carbocycles. The average molecular weight is 428 g/mol. The van der Waals surface area contributed by atoms with Gasteiger partial charge in [0.1, 0.15) is 30.7 Å². The van der Waals surface area contributed by atoms with Gasteiger partial charge in [0.25, 0.3) is 0 Å². The van der Waals surface area contributed by atoms with Crippen LogP contribution in [0.15, 0.2) is 51.9 Å². The summed E-state index contributed by atoms with van der Waals surface area (Å²) in [5.74, 6) is 0.467. The number of ether oxygens (including phenoxy) is 1. The fraction of sp³-hybridized carbons (Fsp3) is 0.524. The summed E-state index contributed by atoms with van der Waals surface area (Å²) in [5.41, 5.74) is 1.78. The van der Waals surface area contributed by atoms with Crippen LogP contribution >= 0.6 is 0 Å². The number of azo groups is 1. The van der Waals surface area contributed by atoms with E-state index in [4.69, 9.17) is 14.9 Å². The minimum absolute atomic E-state index is 0.00140. The maximum absolute atomic E-state index is 13.0. The Kier molecular flexibility index (Phi) is 6.59. The molecule has 4 rings (SSSR count). The highest BCUT2D eigenvalue weighted by molar-refractivity contribution is 6.01. The van der Waals surface area contributed by atoms with E-state index < -0.39 is 12.1 Å². The second-order valence-electron chi connectivity index (χ2n) is 7.93. The number of carbonyl (C=O) groups excluding carboxylic acids is 1. The van der Waals surface area contributed by atoms with Gasteiger partial charge in [-0.05, 0) is 31.9 Å². The lowest BCUT2D eigenvalue weighted by atomic mass is 10.0. The Morgan fingerprint density at radius 3 is 3.10 bits per heavy atom. The number of rotatable bonds is 7. The van der Waals surface area contributed by atoms with Crippen molar-refractivity contribution in [1.82, 2.24) is 15.6 Å². The monoisotopic (exact) mass is 428 g/mol. The summed E-state index contributed by atoms with van der Waals surface area (Å²) in [7, 11) is 0. The number of nitrogens with zero attached hydrogens (tertiary/aromatic N) is 4. The Morgan fingerprint density at radius 2 is 2.32 bits per heavy atom. The van der Waals surface area contributed by atoms with Crippen LogP contribution in [0.25, 0.3) is 0 Å². The number of benzene rings is 1. The zero-order valence-corrected chi connectivity index (χ0v) is 17.4. The molecule has 1 fully saturated rings. The lowest BCUT2D eigenvalue weighted by Crippen LogP contribution is -2.50. The van der Waals surface area contributed by atoms with E-state index in [1.807, 2.05) is 36.2 Å². The maximum atomic E-state index is 13.0. The first-order valence-corrected chi connectivity index (χ1v) is 10.5. The van der Waals surface area contributed by atoms with Crippen LogP contribution in [0, 0.1) is 0 Å². The summed E-state index contributed by atoms with van der Waals surface area (Å²) in [4.78, 5) is 13.0. The molecule has 1 aromatic rings. The summed E-state index contributed by atoms with van der Waals surface area (Å²) in [6.45, 7) is 1.65. The van der Waals surface area contributed by atoms with Crippen molar-refractivity contribution in [3.8, 4) is 5.75 Å². The zero-order valence-electron chi connectivity index (χ0n) is 17.4. The first-order valence-electron chi connectivity index (χ1n) is 10.5. The SMILES string of the molecule is CC1NC2CCC(c3cccc(OC[C@H](O)CO)c3)=NN2C1C(=O)NC1CC=CN=N1. The molecule has 1 aromatic carbocycles. The van der Waals surface area contributed by atoms with E-state index in [1.54, 1.807) is 12.3 Å². The van der Waals surface area contributed by atoms with E-state index in [2.05, 4.69) is 20.9 Å². The predicted octanol–water partition coefficient (Wildman–Crippen LogP) is 0.717. The molecule has 1 saturated heterocycles. The van der Waals surface area contributed by atoms with Gasteiger partial charge in [-0.25, -0.2) is 0 Å². The lowest BCUT2D eigenvalue weighted by Gasteiger charge is -2.31. The summed E-state index contributed by atoms with van der Waals surface area (Å²) < 4.78 is 5.56. The van der Waals surface area contributed by atoms with Crippen molar-refractivity contribution in [3.05, 3.63) is 42.1 Å². The molecule has 0 aliphatic carbocycles. The number of aliphatic hydroxyl groups excluding tert-OH is 2. The summed E-state index contributed by atoms with van der Waals surface area (Å²) in [6.07, 6.45) is 4.45. The molecule has 10 nitrogen and oxygen atoms in total. The van der Waals surface area contributed by atoms with Gasteiger partial charge in [-0.15, -0.1) is 0 Å². The molecular formula is C21H28N6O4. The van der Waals surface area contributed by atoms with Gasteiger partial charge in [0.15, 0.2) is 0 Å². The van der Waals surface area contributed by atoms with E-state index in [-0.39, 0.29) is 37.5 Å². The molecule has 0 spiro atoms. The third kappa shape index (κ3) is 4.92. The minimum atomic E-state index is -0.924. The number of nitrogens with one attached hydrogen (secondary N) is 2. The number of fused-ring (bicyclic) bond motifs is 1. The number of carbonyl (C=O) groups is 1. The van der Waals surface area contributed by atoms with Crippen LogP contribution in [0.3, 0.4) is 0 Å². The van der Waals surface area contributed by atoms with Gasteiger partial charge in [0, 0.05) is 24.2 Å². The molecule has 3 aliphatic heterocycles. The molecule has 166 valence electrons. The third-order valence-electron chi connectivity index (χ3n) is 5.56. The predicted molar refractivity (Wildman–Crippen MR) is 113 cm³/mol. The zero-order chi connectivity index (χ0) is 21.8. The van der Waals surface area contributed by atoms with Crippen LogP contribution in [0.5, 0.6) is 5.75 Å². The Hall–Kier alpha value is -2.82. The average Bonchev–Trinajstić information content (AvgIpc) is 3.13. The molecule has 31 heavy (non-hydrogen) atoms. The Morgan fingerprint density at radius 1 is 1.45 bits per heavy atom.